The van der Waals surface area contributed by atoms with Gasteiger partial charge in [-0.15, -0.1) is 0 Å². The van der Waals surface area contributed by atoms with Crippen molar-refractivity contribution in [3.05, 3.63) is 77.7 Å². The smallest absolute Gasteiger partial charge is 0.337 e. The van der Waals surface area contributed by atoms with Gasteiger partial charge in [0, 0.05) is 34.6 Å². The number of carbonyl (C=O) groups is 1. The van der Waals surface area contributed by atoms with Gasteiger partial charge in [-0.1, -0.05) is 24.3 Å². The number of ether oxygens (including phenoxy) is 2. The van der Waals surface area contributed by atoms with E-state index in [0.717, 1.165) is 57.3 Å². The number of nitrogens with zero attached hydrogens (tertiary/aromatic N) is 2. The van der Waals surface area contributed by atoms with Crippen molar-refractivity contribution in [1.82, 2.24) is 9.97 Å². The lowest BCUT2D eigenvalue weighted by Gasteiger charge is -2.28. The van der Waals surface area contributed by atoms with Gasteiger partial charge < -0.3 is 14.6 Å². The van der Waals surface area contributed by atoms with E-state index in [1.807, 2.05) is 76.4 Å². The minimum atomic E-state index is -1.16. The number of hydrogen-bond donors (Lipinski definition) is 1. The third kappa shape index (κ3) is 4.69. The number of rotatable bonds is 5. The van der Waals surface area contributed by atoms with Gasteiger partial charge in [-0.3, -0.25) is 9.97 Å². The first-order valence-electron chi connectivity index (χ1n) is 12.2. The number of carboxylic acids is 1. The molecule has 1 aliphatic rings. The molecule has 6 heteroatoms. The molecular weight excluding hydrogens is 452 g/mol. The molecule has 1 aliphatic heterocycles. The number of aryl methyl sites for hydroxylation is 2. The largest absolute Gasteiger partial charge is 0.493 e. The first-order chi connectivity index (χ1) is 17.2. The molecule has 0 radical (unpaired) electrons. The third-order valence-electron chi connectivity index (χ3n) is 6.36. The van der Waals surface area contributed by atoms with Crippen molar-refractivity contribution in [2.24, 2.45) is 0 Å². The average molecular weight is 483 g/mol. The lowest BCUT2D eigenvalue weighted by molar-refractivity contribution is -0.160. The Kier molecular flexibility index (Phi) is 6.22. The molecule has 0 aliphatic carbocycles. The first kappa shape index (κ1) is 23.9. The highest BCUT2D eigenvalue weighted by Gasteiger charge is 2.32. The van der Waals surface area contributed by atoms with Gasteiger partial charge >= 0.3 is 5.97 Å². The Balaban J connectivity index is 1.78. The molecule has 1 N–H and O–H groups in total. The predicted octanol–water partition coefficient (Wildman–Crippen LogP) is 6.54. The third-order valence-corrected chi connectivity index (χ3v) is 6.36. The predicted molar refractivity (Wildman–Crippen MR) is 140 cm³/mol. The highest BCUT2D eigenvalue weighted by atomic mass is 16.5. The number of aliphatic carboxylic acids is 1. The van der Waals surface area contributed by atoms with Gasteiger partial charge in [0.2, 0.25) is 0 Å². The summed E-state index contributed by atoms with van der Waals surface area (Å²) in [4.78, 5) is 21.7. The van der Waals surface area contributed by atoms with E-state index in [-0.39, 0.29) is 0 Å². The van der Waals surface area contributed by atoms with E-state index < -0.39 is 17.7 Å². The Morgan fingerprint density at radius 3 is 2.61 bits per heavy atom. The molecule has 0 spiro atoms. The van der Waals surface area contributed by atoms with Crippen LogP contribution in [0.3, 0.4) is 0 Å². The lowest BCUT2D eigenvalue weighted by atomic mass is 9.88. The van der Waals surface area contributed by atoms with E-state index in [1.54, 1.807) is 6.20 Å². The van der Waals surface area contributed by atoms with Crippen molar-refractivity contribution >= 4 is 16.9 Å². The number of pyridine rings is 2. The van der Waals surface area contributed by atoms with Crippen LogP contribution in [0, 0.1) is 6.92 Å². The van der Waals surface area contributed by atoms with Crippen LogP contribution < -0.4 is 4.74 Å². The SMILES string of the molecule is Cc1nc2cc(-c3cccnc3)ccc2c(-c2ccc3c(c2)CCCO3)c1C(OC(C)(C)C)C(=O)O. The van der Waals surface area contributed by atoms with E-state index >= 15 is 0 Å². The van der Waals surface area contributed by atoms with Gasteiger partial charge in [0.05, 0.1) is 17.7 Å². The molecule has 4 aromatic rings. The summed E-state index contributed by atoms with van der Waals surface area (Å²) in [7, 11) is 0. The van der Waals surface area contributed by atoms with Crippen molar-refractivity contribution in [3.63, 3.8) is 0 Å². The molecule has 1 unspecified atom stereocenters. The highest BCUT2D eigenvalue weighted by molar-refractivity contribution is 6.00. The van der Waals surface area contributed by atoms with Crippen LogP contribution in [0.1, 0.15) is 50.1 Å². The molecule has 2 aromatic carbocycles. The molecule has 3 heterocycles. The monoisotopic (exact) mass is 482 g/mol. The maximum Gasteiger partial charge on any atom is 0.337 e. The quantitative estimate of drug-likeness (QED) is 0.348. The Morgan fingerprint density at radius 1 is 1.08 bits per heavy atom. The Bertz CT molecular complexity index is 1440. The summed E-state index contributed by atoms with van der Waals surface area (Å²) in [6.45, 7) is 8.17. The van der Waals surface area contributed by atoms with Crippen LogP contribution in [-0.4, -0.2) is 33.3 Å². The van der Waals surface area contributed by atoms with Crippen molar-refractivity contribution in [1.29, 1.82) is 0 Å². The maximum atomic E-state index is 12.5. The van der Waals surface area contributed by atoms with E-state index in [9.17, 15) is 9.90 Å². The van der Waals surface area contributed by atoms with Gasteiger partial charge in [0.15, 0.2) is 6.10 Å². The zero-order valence-corrected chi connectivity index (χ0v) is 21.0. The molecule has 2 aromatic heterocycles. The minimum absolute atomic E-state index is 0.579. The summed E-state index contributed by atoms with van der Waals surface area (Å²) in [5.74, 6) is -0.148. The Morgan fingerprint density at radius 2 is 1.89 bits per heavy atom. The lowest BCUT2D eigenvalue weighted by Crippen LogP contribution is -2.28. The summed E-state index contributed by atoms with van der Waals surface area (Å²) >= 11 is 0. The number of fused-ring (bicyclic) bond motifs is 2. The number of aromatic nitrogens is 2. The molecule has 1 atom stereocenters. The maximum absolute atomic E-state index is 12.5. The van der Waals surface area contributed by atoms with Crippen molar-refractivity contribution in [2.45, 2.75) is 52.2 Å². The fourth-order valence-electron chi connectivity index (χ4n) is 4.85. The zero-order valence-electron chi connectivity index (χ0n) is 21.0. The summed E-state index contributed by atoms with van der Waals surface area (Å²) in [6, 6.07) is 16.1. The first-order valence-corrected chi connectivity index (χ1v) is 12.2. The zero-order chi connectivity index (χ0) is 25.4. The topological polar surface area (TPSA) is 81.5 Å². The molecule has 0 amide bonds. The van der Waals surface area contributed by atoms with Crippen LogP contribution in [0.2, 0.25) is 0 Å². The fraction of sp³-hybridized carbons (Fsp3) is 0.300. The van der Waals surface area contributed by atoms with E-state index in [1.165, 1.54) is 0 Å². The van der Waals surface area contributed by atoms with Crippen LogP contribution >= 0.6 is 0 Å². The molecule has 0 saturated carbocycles. The normalized spacial score (nSPS) is 14.2. The molecule has 0 fully saturated rings. The van der Waals surface area contributed by atoms with Gasteiger partial charge in [0.25, 0.3) is 0 Å². The summed E-state index contributed by atoms with van der Waals surface area (Å²) < 4.78 is 11.9. The van der Waals surface area contributed by atoms with E-state index in [4.69, 9.17) is 14.5 Å². The van der Waals surface area contributed by atoms with Crippen LogP contribution in [0.5, 0.6) is 5.75 Å². The second-order valence-electron chi connectivity index (χ2n) is 10.2. The minimum Gasteiger partial charge on any atom is -0.493 e. The van der Waals surface area contributed by atoms with Gasteiger partial charge in [0.1, 0.15) is 5.75 Å². The van der Waals surface area contributed by atoms with Crippen LogP contribution in [0.15, 0.2) is 60.9 Å². The van der Waals surface area contributed by atoms with Crippen molar-refractivity contribution < 1.29 is 19.4 Å². The van der Waals surface area contributed by atoms with E-state index in [2.05, 4.69) is 11.1 Å². The molecule has 36 heavy (non-hydrogen) atoms. The summed E-state index contributed by atoms with van der Waals surface area (Å²) in [6.07, 6.45) is 4.29. The standard InChI is InChI=1S/C30H30N2O4/c1-18-26(28(29(33)34)36-30(2,3)4)27(21-10-12-25-20(15-21)8-6-14-35-25)23-11-9-19(16-24(23)32-18)22-7-5-13-31-17-22/h5,7,9-13,15-17,28H,6,8,14H2,1-4H3,(H,33,34). The number of carboxylic acid groups (broad SMARTS) is 1. The number of hydrogen-bond acceptors (Lipinski definition) is 5. The Labute approximate surface area is 210 Å². The molecular formula is C30H30N2O4. The molecule has 0 saturated heterocycles. The average Bonchev–Trinajstić information content (AvgIpc) is 2.86. The van der Waals surface area contributed by atoms with Crippen LogP contribution in [0.25, 0.3) is 33.2 Å². The van der Waals surface area contributed by atoms with Gasteiger partial charge in [-0.25, -0.2) is 4.79 Å². The second kappa shape index (κ2) is 9.36. The van der Waals surface area contributed by atoms with Gasteiger partial charge in [-0.2, -0.15) is 0 Å². The molecule has 184 valence electrons. The molecule has 0 bridgehead atoms. The van der Waals surface area contributed by atoms with Crippen LogP contribution in [-0.2, 0) is 16.0 Å². The van der Waals surface area contributed by atoms with Crippen molar-refractivity contribution in [3.8, 4) is 28.0 Å². The highest BCUT2D eigenvalue weighted by Crippen LogP contribution is 2.41. The fourth-order valence-corrected chi connectivity index (χ4v) is 4.85. The molecule has 5 rings (SSSR count). The summed E-state index contributed by atoms with van der Waals surface area (Å²) in [5.41, 5.74) is 6.24. The Hall–Kier alpha value is -3.77. The van der Waals surface area contributed by atoms with Crippen molar-refractivity contribution in [2.75, 3.05) is 6.61 Å². The van der Waals surface area contributed by atoms with E-state index in [0.29, 0.717) is 17.9 Å². The van der Waals surface area contributed by atoms with Crippen LogP contribution in [0.4, 0.5) is 0 Å². The van der Waals surface area contributed by atoms with Gasteiger partial charge in [-0.05, 0) is 87.1 Å². The number of benzene rings is 2. The molecule has 6 nitrogen and oxygen atoms in total. The summed E-state index contributed by atoms with van der Waals surface area (Å²) in [5, 5.41) is 11.1. The second-order valence-corrected chi connectivity index (χ2v) is 10.2.